The first-order valence-electron chi connectivity index (χ1n) is 8.75. The molecular weight excluding hydrogens is 350 g/mol. The lowest BCUT2D eigenvalue weighted by Gasteiger charge is -2.19. The van der Waals surface area contributed by atoms with Crippen LogP contribution in [-0.4, -0.2) is 32.0 Å². The molecule has 0 saturated carbocycles. The second-order valence-electron chi connectivity index (χ2n) is 6.51. The number of likely N-dealkylation sites (N-methyl/N-ethyl adjacent to an activating group) is 1. The van der Waals surface area contributed by atoms with E-state index < -0.39 is 5.91 Å². The first-order valence-corrected chi connectivity index (χ1v) is 9.56. The van der Waals surface area contributed by atoms with Crippen molar-refractivity contribution in [1.29, 1.82) is 0 Å². The highest BCUT2D eigenvalue weighted by molar-refractivity contribution is 7.17. The van der Waals surface area contributed by atoms with Crippen molar-refractivity contribution in [1.82, 2.24) is 0 Å². The van der Waals surface area contributed by atoms with Crippen molar-refractivity contribution in [2.75, 3.05) is 25.5 Å². The van der Waals surface area contributed by atoms with E-state index in [-0.39, 0.29) is 12.3 Å². The number of ether oxygens (including phenoxy) is 1. The van der Waals surface area contributed by atoms with Crippen LogP contribution in [0, 0.1) is 0 Å². The minimum atomic E-state index is -0.474. The molecule has 0 spiro atoms. The second kappa shape index (κ2) is 7.88. The topological polar surface area (TPSA) is 85.9 Å². The Labute approximate surface area is 156 Å². The Morgan fingerprint density at radius 3 is 2.69 bits per heavy atom. The maximum Gasteiger partial charge on any atom is 0.252 e. The van der Waals surface area contributed by atoms with Crippen LogP contribution in [0.5, 0.6) is 5.75 Å². The Hall–Kier alpha value is -2.38. The van der Waals surface area contributed by atoms with Crippen LogP contribution in [0.15, 0.2) is 24.3 Å². The molecular formula is C19H24N3O3S+. The molecule has 2 amide bonds. The van der Waals surface area contributed by atoms with Crippen LogP contribution in [0.1, 0.15) is 33.3 Å². The maximum atomic E-state index is 12.5. The molecule has 1 aromatic heterocycles. The van der Waals surface area contributed by atoms with Gasteiger partial charge in [0.25, 0.3) is 5.91 Å². The van der Waals surface area contributed by atoms with Gasteiger partial charge in [0.2, 0.25) is 5.91 Å². The van der Waals surface area contributed by atoms with Crippen LogP contribution in [0.4, 0.5) is 5.00 Å². The van der Waals surface area contributed by atoms with Gasteiger partial charge in [0.15, 0.2) is 0 Å². The molecule has 0 radical (unpaired) electrons. The van der Waals surface area contributed by atoms with Gasteiger partial charge in [0.1, 0.15) is 17.3 Å². The Kier molecular flexibility index (Phi) is 5.58. The maximum absolute atomic E-state index is 12.5. The van der Waals surface area contributed by atoms with Crippen molar-refractivity contribution in [3.8, 4) is 5.75 Å². The fourth-order valence-electron chi connectivity index (χ4n) is 3.20. The fraction of sp³-hybridized carbons (Fsp3) is 0.368. The number of carbonyl (C=O) groups excluding carboxylic acids is 2. The highest BCUT2D eigenvalue weighted by Crippen LogP contribution is 2.34. The average Bonchev–Trinajstić information content (AvgIpc) is 2.93. The zero-order valence-corrected chi connectivity index (χ0v) is 15.9. The molecule has 0 saturated heterocycles. The van der Waals surface area contributed by atoms with Crippen LogP contribution in [-0.2, 0) is 24.2 Å². The number of rotatable bonds is 6. The van der Waals surface area contributed by atoms with E-state index in [1.54, 1.807) is 0 Å². The lowest BCUT2D eigenvalue weighted by molar-refractivity contribution is -0.895. The van der Waals surface area contributed by atoms with Gasteiger partial charge in [-0.1, -0.05) is 12.1 Å². The van der Waals surface area contributed by atoms with Crippen LogP contribution in [0.25, 0.3) is 0 Å². The Balaban J connectivity index is 1.73. The van der Waals surface area contributed by atoms with Crippen molar-refractivity contribution in [2.45, 2.75) is 26.3 Å². The zero-order chi connectivity index (χ0) is 18.7. The van der Waals surface area contributed by atoms with Crippen LogP contribution in [0.3, 0.4) is 0 Å². The third kappa shape index (κ3) is 4.05. The Morgan fingerprint density at radius 1 is 1.31 bits per heavy atom. The molecule has 138 valence electrons. The summed E-state index contributed by atoms with van der Waals surface area (Å²) in [4.78, 5) is 26.9. The van der Waals surface area contributed by atoms with Crippen LogP contribution < -0.4 is 20.7 Å². The summed E-state index contributed by atoms with van der Waals surface area (Å²) in [6.07, 6.45) is 1.04. The molecule has 6 nitrogen and oxygen atoms in total. The van der Waals surface area contributed by atoms with E-state index in [9.17, 15) is 9.59 Å². The van der Waals surface area contributed by atoms with E-state index in [0.717, 1.165) is 41.3 Å². The number of quaternary nitrogens is 1. The molecule has 7 heteroatoms. The molecule has 1 aliphatic heterocycles. The number of primary amides is 1. The molecule has 3 rings (SSSR count). The first-order chi connectivity index (χ1) is 12.5. The number of nitrogens with two attached hydrogens (primary N) is 1. The van der Waals surface area contributed by atoms with Gasteiger partial charge in [-0.15, -0.1) is 11.3 Å². The monoisotopic (exact) mass is 374 g/mol. The number of nitrogens with one attached hydrogen (secondary N) is 2. The highest BCUT2D eigenvalue weighted by Gasteiger charge is 2.28. The lowest BCUT2D eigenvalue weighted by Crippen LogP contribution is -3.08. The number of hydrogen-bond donors (Lipinski definition) is 3. The minimum Gasteiger partial charge on any atom is -0.494 e. The fourth-order valence-corrected chi connectivity index (χ4v) is 4.58. The Bertz CT molecular complexity index is 814. The number of hydrogen-bond acceptors (Lipinski definition) is 4. The molecule has 0 bridgehead atoms. The van der Waals surface area contributed by atoms with Crippen molar-refractivity contribution in [3.05, 3.63) is 45.8 Å². The van der Waals surface area contributed by atoms with Gasteiger partial charge in [0.05, 0.1) is 37.1 Å². The van der Waals surface area contributed by atoms with Crippen molar-refractivity contribution in [3.63, 3.8) is 0 Å². The van der Waals surface area contributed by atoms with Gasteiger partial charge < -0.3 is 20.7 Å². The number of carbonyl (C=O) groups is 2. The van der Waals surface area contributed by atoms with Crippen molar-refractivity contribution < 1.29 is 19.2 Å². The quantitative estimate of drug-likeness (QED) is 0.705. The molecule has 2 heterocycles. The van der Waals surface area contributed by atoms with Gasteiger partial charge in [-0.3, -0.25) is 9.59 Å². The van der Waals surface area contributed by atoms with Gasteiger partial charge in [-0.05, 0) is 30.2 Å². The van der Waals surface area contributed by atoms with E-state index in [0.29, 0.717) is 17.2 Å². The summed E-state index contributed by atoms with van der Waals surface area (Å²) < 4.78 is 5.41. The van der Waals surface area contributed by atoms with Crippen LogP contribution >= 0.6 is 11.3 Å². The number of anilines is 1. The average molecular weight is 374 g/mol. The SMILES string of the molecule is CCOc1ccc(CC(=O)Nc2sc3c(c2C(N)=O)CC[NH+](C)C3)cc1. The second-order valence-corrected chi connectivity index (χ2v) is 7.61. The summed E-state index contributed by atoms with van der Waals surface area (Å²) in [7, 11) is 2.12. The van der Waals surface area contributed by atoms with E-state index >= 15 is 0 Å². The van der Waals surface area contributed by atoms with Crippen molar-refractivity contribution >= 4 is 28.2 Å². The minimum absolute atomic E-state index is 0.157. The largest absolute Gasteiger partial charge is 0.494 e. The molecule has 1 unspecified atom stereocenters. The summed E-state index contributed by atoms with van der Waals surface area (Å²) in [6.45, 7) is 4.35. The molecule has 26 heavy (non-hydrogen) atoms. The summed E-state index contributed by atoms with van der Waals surface area (Å²) >= 11 is 1.47. The molecule has 1 aliphatic rings. The molecule has 2 aromatic rings. The smallest absolute Gasteiger partial charge is 0.252 e. The third-order valence-corrected chi connectivity index (χ3v) is 5.60. The van der Waals surface area contributed by atoms with Crippen molar-refractivity contribution in [2.24, 2.45) is 5.73 Å². The number of amides is 2. The molecule has 0 fully saturated rings. The number of thiophene rings is 1. The molecule has 1 aromatic carbocycles. The lowest BCUT2D eigenvalue weighted by atomic mass is 10.0. The third-order valence-electron chi connectivity index (χ3n) is 4.45. The number of benzene rings is 1. The Morgan fingerprint density at radius 2 is 2.04 bits per heavy atom. The van der Waals surface area contributed by atoms with Gasteiger partial charge in [-0.25, -0.2) is 0 Å². The predicted octanol–water partition coefficient (Wildman–Crippen LogP) is 0.998. The van der Waals surface area contributed by atoms with E-state index in [1.807, 2.05) is 31.2 Å². The predicted molar refractivity (Wildman–Crippen MR) is 102 cm³/mol. The van der Waals surface area contributed by atoms with E-state index in [4.69, 9.17) is 10.5 Å². The zero-order valence-electron chi connectivity index (χ0n) is 15.1. The van der Waals surface area contributed by atoms with E-state index in [1.165, 1.54) is 16.2 Å². The van der Waals surface area contributed by atoms with E-state index in [2.05, 4.69) is 12.4 Å². The molecule has 1 atom stereocenters. The summed E-state index contributed by atoms with van der Waals surface area (Å²) in [5.74, 6) is 0.152. The molecule has 4 N–H and O–H groups in total. The summed E-state index contributed by atoms with van der Waals surface area (Å²) in [6, 6.07) is 7.45. The molecule has 0 aliphatic carbocycles. The first kappa shape index (κ1) is 18.4. The summed E-state index contributed by atoms with van der Waals surface area (Å²) in [5, 5.41) is 3.47. The van der Waals surface area contributed by atoms with Gasteiger partial charge >= 0.3 is 0 Å². The van der Waals surface area contributed by atoms with Gasteiger partial charge in [-0.2, -0.15) is 0 Å². The van der Waals surface area contributed by atoms with Gasteiger partial charge in [0, 0.05) is 6.42 Å². The highest BCUT2D eigenvalue weighted by atomic mass is 32.1. The summed E-state index contributed by atoms with van der Waals surface area (Å²) in [5.41, 5.74) is 7.96. The standard InChI is InChI=1S/C19H23N3O3S/c1-3-25-13-6-4-12(5-7-13)10-16(23)21-19-17(18(20)24)14-8-9-22(2)11-15(14)26-19/h4-7H,3,8-11H2,1-2H3,(H2,20,24)(H,21,23)/p+1. The van der Waals surface area contributed by atoms with Crippen LogP contribution in [0.2, 0.25) is 0 Å². The number of fused-ring (bicyclic) bond motifs is 1. The normalized spacial score (nSPS) is 16.0.